The minimum atomic E-state index is -0.848. The number of aromatic nitrogens is 2. The van der Waals surface area contributed by atoms with Crippen LogP contribution in [0.2, 0.25) is 0 Å². The number of nitrogens with zero attached hydrogens (tertiary/aromatic N) is 2. The molecule has 0 saturated heterocycles. The first-order valence-corrected chi connectivity index (χ1v) is 9.31. The van der Waals surface area contributed by atoms with Crippen molar-refractivity contribution in [2.24, 2.45) is 0 Å². The Morgan fingerprint density at radius 2 is 1.75 bits per heavy atom. The van der Waals surface area contributed by atoms with E-state index in [1.807, 2.05) is 51.1 Å². The molecule has 0 unspecified atom stereocenters. The first-order valence-electron chi connectivity index (χ1n) is 9.31. The fourth-order valence-electron chi connectivity index (χ4n) is 3.58. The molecule has 3 aromatic rings. The summed E-state index contributed by atoms with van der Waals surface area (Å²) in [6.45, 7) is 6.82. The molecular weight excluding hydrogens is 381 g/mol. The van der Waals surface area contributed by atoms with Crippen LogP contribution in [0.25, 0.3) is 11.0 Å². The lowest BCUT2D eigenvalue weighted by Crippen LogP contribution is -2.39. The van der Waals surface area contributed by atoms with E-state index in [0.29, 0.717) is 24.1 Å². The van der Waals surface area contributed by atoms with Crippen molar-refractivity contribution >= 4 is 23.4 Å². The highest BCUT2D eigenvalue weighted by molar-refractivity contribution is 5.85. The van der Waals surface area contributed by atoms with Gasteiger partial charge >= 0.3 is 5.69 Å². The number of nitrogens with one attached hydrogen (secondary N) is 1. The Morgan fingerprint density at radius 1 is 1.07 bits per heavy atom. The maximum absolute atomic E-state index is 14.0. The number of imidazole rings is 1. The number of fused-ring (bicyclic) bond motifs is 1. The van der Waals surface area contributed by atoms with Gasteiger partial charge in [-0.2, -0.15) is 0 Å². The van der Waals surface area contributed by atoms with Gasteiger partial charge < -0.3 is 10.4 Å². The van der Waals surface area contributed by atoms with Crippen molar-refractivity contribution in [2.75, 3.05) is 13.1 Å². The standard InChI is InChI=1S/C21H26FN3O2.ClH/c1-4-23-13-19(26)20(15-8-6-5-7-9-15)25-18-12-16(22)10-11-17(18)24(14(2)3)21(25)27;/h5-12,14,19-20,23,26H,4,13H2,1-3H3;1H/t19-,20-;/m0./s1. The van der Waals surface area contributed by atoms with Crippen LogP contribution in [-0.2, 0) is 0 Å². The van der Waals surface area contributed by atoms with Crippen molar-refractivity contribution in [1.82, 2.24) is 14.5 Å². The summed E-state index contributed by atoms with van der Waals surface area (Å²) in [6, 6.07) is 13.0. The minimum absolute atomic E-state index is 0. The Kier molecular flexibility index (Phi) is 7.41. The number of benzene rings is 2. The van der Waals surface area contributed by atoms with Crippen molar-refractivity contribution in [3.63, 3.8) is 0 Å². The average Bonchev–Trinajstić information content (AvgIpc) is 2.93. The number of hydrogen-bond acceptors (Lipinski definition) is 3. The summed E-state index contributed by atoms with van der Waals surface area (Å²) in [4.78, 5) is 13.3. The van der Waals surface area contributed by atoms with E-state index in [1.165, 1.54) is 16.7 Å². The summed E-state index contributed by atoms with van der Waals surface area (Å²) in [7, 11) is 0. The van der Waals surface area contributed by atoms with Gasteiger partial charge in [-0.25, -0.2) is 9.18 Å². The molecule has 1 aromatic heterocycles. The molecule has 3 rings (SSSR count). The molecule has 2 N–H and O–H groups in total. The molecule has 0 spiro atoms. The Hall–Kier alpha value is -2.15. The predicted molar refractivity (Wildman–Crippen MR) is 113 cm³/mol. The number of halogens is 2. The molecule has 152 valence electrons. The monoisotopic (exact) mass is 407 g/mol. The molecule has 0 aliphatic heterocycles. The second-order valence-corrected chi connectivity index (χ2v) is 6.98. The Bertz CT molecular complexity index is 969. The van der Waals surface area contributed by atoms with Gasteiger partial charge in [-0.05, 0) is 44.2 Å². The van der Waals surface area contributed by atoms with E-state index >= 15 is 0 Å². The maximum Gasteiger partial charge on any atom is 0.330 e. The van der Waals surface area contributed by atoms with Gasteiger partial charge in [0.2, 0.25) is 0 Å². The van der Waals surface area contributed by atoms with E-state index in [4.69, 9.17) is 0 Å². The third kappa shape index (κ3) is 4.14. The van der Waals surface area contributed by atoms with Crippen molar-refractivity contribution < 1.29 is 9.50 Å². The van der Waals surface area contributed by atoms with Crippen LogP contribution in [0, 0.1) is 5.82 Å². The Morgan fingerprint density at radius 3 is 2.36 bits per heavy atom. The van der Waals surface area contributed by atoms with E-state index in [2.05, 4.69) is 5.32 Å². The molecule has 1 heterocycles. The molecule has 0 fully saturated rings. The summed E-state index contributed by atoms with van der Waals surface area (Å²) in [5, 5.41) is 14.1. The fraction of sp³-hybridized carbons (Fsp3) is 0.381. The molecule has 0 radical (unpaired) electrons. The minimum Gasteiger partial charge on any atom is -0.389 e. The Labute approximate surface area is 170 Å². The van der Waals surface area contributed by atoms with Crippen molar-refractivity contribution in [1.29, 1.82) is 0 Å². The van der Waals surface area contributed by atoms with Crippen LogP contribution in [-0.4, -0.2) is 33.4 Å². The Balaban J connectivity index is 0.00000280. The summed E-state index contributed by atoms with van der Waals surface area (Å²) in [6.07, 6.45) is -0.848. The van der Waals surface area contributed by atoms with Gasteiger partial charge in [-0.3, -0.25) is 9.13 Å². The van der Waals surface area contributed by atoms with E-state index in [0.717, 1.165) is 5.56 Å². The van der Waals surface area contributed by atoms with Gasteiger partial charge in [-0.15, -0.1) is 12.4 Å². The second kappa shape index (κ2) is 9.37. The topological polar surface area (TPSA) is 59.2 Å². The molecule has 0 aliphatic carbocycles. The molecular formula is C21H27ClFN3O2. The number of hydrogen-bond donors (Lipinski definition) is 2. The zero-order valence-corrected chi connectivity index (χ0v) is 17.1. The van der Waals surface area contributed by atoms with E-state index in [1.54, 1.807) is 10.6 Å². The summed E-state index contributed by atoms with van der Waals surface area (Å²) in [5.41, 5.74) is 1.69. The summed E-state index contributed by atoms with van der Waals surface area (Å²) in [5.74, 6) is -0.412. The number of likely N-dealkylation sites (N-methyl/N-ethyl adjacent to an activating group) is 1. The van der Waals surface area contributed by atoms with Gasteiger partial charge in [0.05, 0.1) is 23.2 Å². The van der Waals surface area contributed by atoms with Gasteiger partial charge in [0, 0.05) is 12.6 Å². The van der Waals surface area contributed by atoms with Gasteiger partial charge in [-0.1, -0.05) is 37.3 Å². The molecule has 5 nitrogen and oxygen atoms in total. The van der Waals surface area contributed by atoms with Crippen molar-refractivity contribution in [3.8, 4) is 0 Å². The second-order valence-electron chi connectivity index (χ2n) is 6.98. The largest absolute Gasteiger partial charge is 0.389 e. The number of rotatable bonds is 7. The van der Waals surface area contributed by atoms with Gasteiger partial charge in [0.15, 0.2) is 0 Å². The predicted octanol–water partition coefficient (Wildman–Crippen LogP) is 3.50. The lowest BCUT2D eigenvalue weighted by molar-refractivity contribution is 0.128. The van der Waals surface area contributed by atoms with E-state index < -0.39 is 18.0 Å². The average molecular weight is 408 g/mol. The third-order valence-corrected chi connectivity index (χ3v) is 4.77. The fourth-order valence-corrected chi connectivity index (χ4v) is 3.58. The zero-order valence-electron chi connectivity index (χ0n) is 16.3. The van der Waals surface area contributed by atoms with E-state index in [-0.39, 0.29) is 24.1 Å². The molecule has 0 amide bonds. The van der Waals surface area contributed by atoms with Crippen LogP contribution < -0.4 is 11.0 Å². The summed E-state index contributed by atoms with van der Waals surface area (Å²) < 4.78 is 17.2. The van der Waals surface area contributed by atoms with Gasteiger partial charge in [0.1, 0.15) is 5.82 Å². The summed E-state index contributed by atoms with van der Waals surface area (Å²) >= 11 is 0. The third-order valence-electron chi connectivity index (χ3n) is 4.77. The molecule has 28 heavy (non-hydrogen) atoms. The molecule has 7 heteroatoms. The number of aliphatic hydroxyl groups is 1. The molecule has 0 bridgehead atoms. The van der Waals surface area contributed by atoms with Crippen LogP contribution in [0.4, 0.5) is 4.39 Å². The first kappa shape index (κ1) is 22.1. The van der Waals surface area contributed by atoms with Crippen LogP contribution in [0.3, 0.4) is 0 Å². The number of aliphatic hydroxyl groups excluding tert-OH is 1. The highest BCUT2D eigenvalue weighted by Gasteiger charge is 2.28. The van der Waals surface area contributed by atoms with Gasteiger partial charge in [0.25, 0.3) is 0 Å². The SMILES string of the molecule is CCNC[C@H](O)[C@H](c1ccccc1)n1c(=O)n(C(C)C)c2ccc(F)cc21.Cl. The maximum atomic E-state index is 14.0. The highest BCUT2D eigenvalue weighted by Crippen LogP contribution is 2.27. The molecule has 0 saturated carbocycles. The van der Waals surface area contributed by atoms with Crippen LogP contribution >= 0.6 is 12.4 Å². The van der Waals surface area contributed by atoms with Crippen LogP contribution in [0.1, 0.15) is 38.4 Å². The molecule has 0 aliphatic rings. The molecule has 2 aromatic carbocycles. The lowest BCUT2D eigenvalue weighted by atomic mass is 10.0. The quantitative estimate of drug-likeness (QED) is 0.630. The van der Waals surface area contributed by atoms with Crippen molar-refractivity contribution in [2.45, 2.75) is 39.0 Å². The first-order chi connectivity index (χ1) is 13.0. The van der Waals surface area contributed by atoms with Crippen LogP contribution in [0.15, 0.2) is 53.3 Å². The normalized spacial score (nSPS) is 13.5. The molecule has 2 atom stereocenters. The smallest absolute Gasteiger partial charge is 0.330 e. The van der Waals surface area contributed by atoms with E-state index in [9.17, 15) is 14.3 Å². The van der Waals surface area contributed by atoms with Crippen molar-refractivity contribution in [3.05, 3.63) is 70.4 Å². The lowest BCUT2D eigenvalue weighted by Gasteiger charge is -2.25. The van der Waals surface area contributed by atoms with Crippen LogP contribution in [0.5, 0.6) is 0 Å². The highest BCUT2D eigenvalue weighted by atomic mass is 35.5. The zero-order chi connectivity index (χ0) is 19.6.